The van der Waals surface area contributed by atoms with Crippen molar-refractivity contribution in [3.63, 3.8) is 0 Å². The van der Waals surface area contributed by atoms with E-state index in [0.29, 0.717) is 27.6 Å². The van der Waals surface area contributed by atoms with Gasteiger partial charge in [0.25, 0.3) is 11.8 Å². The Morgan fingerprint density at radius 3 is 2.62 bits per heavy atom. The molecule has 0 aliphatic carbocycles. The molecule has 1 heterocycles. The fourth-order valence-electron chi connectivity index (χ4n) is 2.57. The highest BCUT2D eigenvalue weighted by Gasteiger charge is 2.12. The Kier molecular flexibility index (Phi) is 6.19. The summed E-state index contributed by atoms with van der Waals surface area (Å²) >= 11 is 6.12. The van der Waals surface area contributed by atoms with Crippen LogP contribution in [0.3, 0.4) is 0 Å². The van der Waals surface area contributed by atoms with Gasteiger partial charge in [0.15, 0.2) is 6.61 Å². The average molecular weight is 415 g/mol. The van der Waals surface area contributed by atoms with Crippen LogP contribution in [0.2, 0.25) is 5.02 Å². The lowest BCUT2D eigenvalue weighted by atomic mass is 10.1. The molecule has 2 aromatic carbocycles. The van der Waals surface area contributed by atoms with E-state index in [2.05, 4.69) is 10.6 Å². The highest BCUT2D eigenvalue weighted by Crippen LogP contribution is 2.24. The third kappa shape index (κ3) is 5.36. The maximum absolute atomic E-state index is 12.2. The van der Waals surface area contributed by atoms with Gasteiger partial charge in [0.1, 0.15) is 11.3 Å². The monoisotopic (exact) mass is 414 g/mol. The van der Waals surface area contributed by atoms with Crippen LogP contribution in [0.5, 0.6) is 5.75 Å². The SMILES string of the molecule is CC(C)NC(=O)c1ccc(Cl)c(NC(=O)COc2ccc3ccc(=O)oc3c2)c1. The first kappa shape index (κ1) is 20.4. The summed E-state index contributed by atoms with van der Waals surface area (Å²) in [4.78, 5) is 35.7. The normalized spacial score (nSPS) is 10.8. The second kappa shape index (κ2) is 8.79. The zero-order chi connectivity index (χ0) is 21.0. The summed E-state index contributed by atoms with van der Waals surface area (Å²) in [6, 6.07) is 12.5. The molecule has 0 spiro atoms. The summed E-state index contributed by atoms with van der Waals surface area (Å²) in [5.74, 6) is -0.345. The number of halogens is 1. The molecule has 3 aromatic rings. The molecule has 0 fully saturated rings. The van der Waals surface area contributed by atoms with Crippen molar-refractivity contribution in [1.82, 2.24) is 5.32 Å². The Morgan fingerprint density at radius 2 is 1.86 bits per heavy atom. The molecule has 0 bridgehead atoms. The second-order valence-corrected chi connectivity index (χ2v) is 7.02. The van der Waals surface area contributed by atoms with E-state index in [1.807, 2.05) is 13.8 Å². The lowest BCUT2D eigenvalue weighted by Gasteiger charge is -2.12. The predicted octanol–water partition coefficient (Wildman–Crippen LogP) is 3.60. The number of carbonyl (C=O) groups excluding carboxylic acids is 2. The van der Waals surface area contributed by atoms with Crippen molar-refractivity contribution in [2.45, 2.75) is 19.9 Å². The smallest absolute Gasteiger partial charge is 0.336 e. The van der Waals surface area contributed by atoms with Gasteiger partial charge in [-0.05, 0) is 50.2 Å². The van der Waals surface area contributed by atoms with E-state index in [0.717, 1.165) is 5.39 Å². The maximum atomic E-state index is 12.2. The van der Waals surface area contributed by atoms with E-state index >= 15 is 0 Å². The molecule has 29 heavy (non-hydrogen) atoms. The van der Waals surface area contributed by atoms with Gasteiger partial charge >= 0.3 is 5.63 Å². The van der Waals surface area contributed by atoms with Crippen molar-refractivity contribution in [1.29, 1.82) is 0 Å². The summed E-state index contributed by atoms with van der Waals surface area (Å²) in [6.45, 7) is 3.42. The van der Waals surface area contributed by atoms with Gasteiger partial charge in [0.05, 0.1) is 10.7 Å². The average Bonchev–Trinajstić information content (AvgIpc) is 2.67. The molecule has 7 nitrogen and oxygen atoms in total. The first-order valence-corrected chi connectivity index (χ1v) is 9.26. The van der Waals surface area contributed by atoms with E-state index in [4.69, 9.17) is 20.8 Å². The molecule has 0 aliphatic heterocycles. The quantitative estimate of drug-likeness (QED) is 0.600. The minimum absolute atomic E-state index is 0.0176. The van der Waals surface area contributed by atoms with Crippen molar-refractivity contribution < 1.29 is 18.7 Å². The number of fused-ring (bicyclic) bond motifs is 1. The topological polar surface area (TPSA) is 97.6 Å². The molecule has 0 saturated heterocycles. The van der Waals surface area contributed by atoms with E-state index in [-0.39, 0.29) is 18.6 Å². The summed E-state index contributed by atoms with van der Waals surface area (Å²) in [6.07, 6.45) is 0. The van der Waals surface area contributed by atoms with Crippen molar-refractivity contribution in [3.8, 4) is 5.75 Å². The lowest BCUT2D eigenvalue weighted by Crippen LogP contribution is -2.30. The molecule has 150 valence electrons. The second-order valence-electron chi connectivity index (χ2n) is 6.61. The number of hydrogen-bond acceptors (Lipinski definition) is 5. The summed E-state index contributed by atoms with van der Waals surface area (Å²) in [5.41, 5.74) is 0.579. The van der Waals surface area contributed by atoms with Crippen LogP contribution in [0, 0.1) is 0 Å². The number of rotatable bonds is 6. The van der Waals surface area contributed by atoms with Crippen molar-refractivity contribution in [3.05, 3.63) is 69.5 Å². The third-order valence-electron chi connectivity index (χ3n) is 3.89. The standard InChI is InChI=1S/C21H19ClN2O5/c1-12(2)23-21(27)14-4-7-16(22)17(9-14)24-19(25)11-28-15-6-3-13-5-8-20(26)29-18(13)10-15/h3-10,12H,11H2,1-2H3,(H,23,27)(H,24,25). The van der Waals surface area contributed by atoms with Gasteiger partial charge < -0.3 is 19.8 Å². The van der Waals surface area contributed by atoms with Crippen LogP contribution >= 0.6 is 11.6 Å². The molecule has 0 atom stereocenters. The van der Waals surface area contributed by atoms with Crippen LogP contribution in [0.25, 0.3) is 11.0 Å². The molecule has 0 radical (unpaired) electrons. The zero-order valence-corrected chi connectivity index (χ0v) is 16.6. The molecule has 0 aliphatic rings. The Morgan fingerprint density at radius 1 is 1.10 bits per heavy atom. The number of hydrogen-bond donors (Lipinski definition) is 2. The van der Waals surface area contributed by atoms with Crippen LogP contribution in [-0.4, -0.2) is 24.5 Å². The van der Waals surface area contributed by atoms with Gasteiger partial charge in [0, 0.05) is 29.1 Å². The van der Waals surface area contributed by atoms with E-state index in [1.165, 1.54) is 18.2 Å². The summed E-state index contributed by atoms with van der Waals surface area (Å²) < 4.78 is 10.6. The van der Waals surface area contributed by atoms with Gasteiger partial charge in [-0.25, -0.2) is 4.79 Å². The molecule has 0 unspecified atom stereocenters. The molecule has 1 aromatic heterocycles. The fraction of sp³-hybridized carbons (Fsp3) is 0.190. The molecule has 8 heteroatoms. The Bertz CT molecular complexity index is 1120. The first-order valence-electron chi connectivity index (χ1n) is 8.89. The number of ether oxygens (including phenoxy) is 1. The molecule has 0 saturated carbocycles. The van der Waals surface area contributed by atoms with E-state index in [1.54, 1.807) is 30.3 Å². The Labute approximate surface area is 171 Å². The van der Waals surface area contributed by atoms with Gasteiger partial charge in [0.2, 0.25) is 0 Å². The minimum atomic E-state index is -0.469. The molecule has 2 N–H and O–H groups in total. The van der Waals surface area contributed by atoms with Crippen LogP contribution < -0.4 is 21.0 Å². The minimum Gasteiger partial charge on any atom is -0.484 e. The van der Waals surface area contributed by atoms with E-state index in [9.17, 15) is 14.4 Å². The largest absolute Gasteiger partial charge is 0.484 e. The van der Waals surface area contributed by atoms with Crippen LogP contribution in [0.15, 0.2) is 57.7 Å². The first-order chi connectivity index (χ1) is 13.8. The Balaban J connectivity index is 1.66. The summed E-state index contributed by atoms with van der Waals surface area (Å²) in [5, 5.41) is 6.44. The number of amides is 2. The highest BCUT2D eigenvalue weighted by atomic mass is 35.5. The summed E-state index contributed by atoms with van der Waals surface area (Å²) in [7, 11) is 0. The number of carbonyl (C=O) groups is 2. The van der Waals surface area contributed by atoms with Crippen molar-refractivity contribution in [2.75, 3.05) is 11.9 Å². The van der Waals surface area contributed by atoms with Gasteiger partial charge in [-0.2, -0.15) is 0 Å². The molecular weight excluding hydrogens is 396 g/mol. The van der Waals surface area contributed by atoms with Crippen molar-refractivity contribution in [2.24, 2.45) is 0 Å². The number of benzene rings is 2. The zero-order valence-electron chi connectivity index (χ0n) is 15.8. The van der Waals surface area contributed by atoms with Crippen LogP contribution in [0.1, 0.15) is 24.2 Å². The fourth-order valence-corrected chi connectivity index (χ4v) is 2.74. The number of nitrogens with one attached hydrogen (secondary N) is 2. The van der Waals surface area contributed by atoms with Crippen LogP contribution in [0.4, 0.5) is 5.69 Å². The third-order valence-corrected chi connectivity index (χ3v) is 4.22. The Hall–Kier alpha value is -3.32. The van der Waals surface area contributed by atoms with E-state index < -0.39 is 11.5 Å². The van der Waals surface area contributed by atoms with Gasteiger partial charge in [-0.1, -0.05) is 11.6 Å². The van der Waals surface area contributed by atoms with Gasteiger partial charge in [-0.15, -0.1) is 0 Å². The number of anilines is 1. The maximum Gasteiger partial charge on any atom is 0.336 e. The van der Waals surface area contributed by atoms with Crippen molar-refractivity contribution >= 4 is 40.1 Å². The molecule has 3 rings (SSSR count). The lowest BCUT2D eigenvalue weighted by molar-refractivity contribution is -0.118. The molecule has 2 amide bonds. The molecular formula is C21H19ClN2O5. The van der Waals surface area contributed by atoms with Gasteiger partial charge in [-0.3, -0.25) is 9.59 Å². The predicted molar refractivity (Wildman–Crippen MR) is 111 cm³/mol. The van der Waals surface area contributed by atoms with Crippen LogP contribution in [-0.2, 0) is 4.79 Å². The highest BCUT2D eigenvalue weighted by molar-refractivity contribution is 6.33.